The number of ether oxygens (including phenoxy) is 1. The SMILES string of the molecule is ClCc1ccc(Br)cc1Oc1cccc2ncccc12. The van der Waals surface area contributed by atoms with E-state index in [1.165, 1.54) is 0 Å². The van der Waals surface area contributed by atoms with Crippen molar-refractivity contribution in [2.24, 2.45) is 0 Å². The molecule has 0 atom stereocenters. The summed E-state index contributed by atoms with van der Waals surface area (Å²) in [7, 11) is 0. The second-order valence-electron chi connectivity index (χ2n) is 4.31. The van der Waals surface area contributed by atoms with Crippen LogP contribution >= 0.6 is 27.5 Å². The van der Waals surface area contributed by atoms with Crippen LogP contribution in [0.3, 0.4) is 0 Å². The summed E-state index contributed by atoms with van der Waals surface area (Å²) < 4.78 is 7.00. The Kier molecular flexibility index (Phi) is 3.90. The Hall–Kier alpha value is -1.58. The van der Waals surface area contributed by atoms with Crippen molar-refractivity contribution in [3.8, 4) is 11.5 Å². The number of nitrogens with zero attached hydrogens (tertiary/aromatic N) is 1. The molecule has 2 aromatic carbocycles. The lowest BCUT2D eigenvalue weighted by atomic mass is 10.2. The predicted octanol–water partition coefficient (Wildman–Crippen LogP) is 5.53. The minimum absolute atomic E-state index is 0.408. The van der Waals surface area contributed by atoms with Crippen molar-refractivity contribution in [1.29, 1.82) is 0 Å². The Bertz CT molecular complexity index is 755. The van der Waals surface area contributed by atoms with Crippen LogP contribution in [-0.4, -0.2) is 4.98 Å². The van der Waals surface area contributed by atoms with Crippen molar-refractivity contribution < 1.29 is 4.74 Å². The molecular formula is C16H11BrClNO. The quantitative estimate of drug-likeness (QED) is 0.581. The monoisotopic (exact) mass is 347 g/mol. The highest BCUT2D eigenvalue weighted by molar-refractivity contribution is 9.10. The molecule has 1 heterocycles. The fourth-order valence-electron chi connectivity index (χ4n) is 2.02. The second kappa shape index (κ2) is 5.81. The molecule has 0 amide bonds. The van der Waals surface area contributed by atoms with Crippen LogP contribution in [0.25, 0.3) is 10.9 Å². The van der Waals surface area contributed by atoms with Crippen LogP contribution in [0.4, 0.5) is 0 Å². The molecule has 3 aromatic rings. The molecule has 0 fully saturated rings. The molecule has 0 saturated carbocycles. The van der Waals surface area contributed by atoms with E-state index in [1.54, 1.807) is 6.20 Å². The van der Waals surface area contributed by atoms with E-state index in [0.29, 0.717) is 5.88 Å². The summed E-state index contributed by atoms with van der Waals surface area (Å²) in [6.45, 7) is 0. The molecular weight excluding hydrogens is 338 g/mol. The fourth-order valence-corrected chi connectivity index (χ4v) is 2.58. The Morgan fingerprint density at radius 3 is 2.80 bits per heavy atom. The molecule has 0 aliphatic carbocycles. The van der Waals surface area contributed by atoms with Crippen LogP contribution in [-0.2, 0) is 5.88 Å². The van der Waals surface area contributed by atoms with Gasteiger partial charge in [-0.25, -0.2) is 0 Å². The zero-order valence-corrected chi connectivity index (χ0v) is 12.9. The van der Waals surface area contributed by atoms with Gasteiger partial charge >= 0.3 is 0 Å². The van der Waals surface area contributed by atoms with Crippen molar-refractivity contribution in [3.05, 3.63) is 64.8 Å². The smallest absolute Gasteiger partial charge is 0.136 e. The molecule has 0 N–H and O–H groups in total. The molecule has 3 rings (SSSR count). The molecule has 0 bridgehead atoms. The van der Waals surface area contributed by atoms with Gasteiger partial charge in [0.05, 0.1) is 11.4 Å². The number of benzene rings is 2. The Morgan fingerprint density at radius 2 is 1.95 bits per heavy atom. The number of halogens is 2. The van der Waals surface area contributed by atoms with Crippen molar-refractivity contribution in [2.75, 3.05) is 0 Å². The van der Waals surface area contributed by atoms with E-state index < -0.39 is 0 Å². The molecule has 0 spiro atoms. The lowest BCUT2D eigenvalue weighted by molar-refractivity contribution is 0.483. The average molecular weight is 349 g/mol. The van der Waals surface area contributed by atoms with E-state index in [0.717, 1.165) is 32.4 Å². The maximum Gasteiger partial charge on any atom is 0.136 e. The minimum Gasteiger partial charge on any atom is -0.456 e. The summed E-state index contributed by atoms with van der Waals surface area (Å²) in [6.07, 6.45) is 1.77. The van der Waals surface area contributed by atoms with Crippen LogP contribution in [0.1, 0.15) is 5.56 Å². The lowest BCUT2D eigenvalue weighted by Gasteiger charge is -2.12. The molecule has 0 aliphatic heterocycles. The van der Waals surface area contributed by atoms with E-state index in [-0.39, 0.29) is 0 Å². The van der Waals surface area contributed by atoms with Crippen molar-refractivity contribution in [2.45, 2.75) is 5.88 Å². The van der Waals surface area contributed by atoms with Gasteiger partial charge in [-0.2, -0.15) is 0 Å². The van der Waals surface area contributed by atoms with E-state index in [9.17, 15) is 0 Å². The van der Waals surface area contributed by atoms with E-state index in [1.807, 2.05) is 48.5 Å². The Morgan fingerprint density at radius 1 is 1.05 bits per heavy atom. The highest BCUT2D eigenvalue weighted by atomic mass is 79.9. The summed E-state index contributed by atoms with van der Waals surface area (Å²) >= 11 is 9.41. The van der Waals surface area contributed by atoms with Gasteiger partial charge in [0.15, 0.2) is 0 Å². The number of aromatic nitrogens is 1. The molecule has 20 heavy (non-hydrogen) atoms. The molecule has 0 radical (unpaired) electrons. The van der Waals surface area contributed by atoms with Crippen LogP contribution in [0.5, 0.6) is 11.5 Å². The summed E-state index contributed by atoms with van der Waals surface area (Å²) in [5.41, 5.74) is 1.86. The Balaban J connectivity index is 2.07. The first-order valence-corrected chi connectivity index (χ1v) is 7.46. The van der Waals surface area contributed by atoms with Crippen LogP contribution in [0.15, 0.2) is 59.2 Å². The number of rotatable bonds is 3. The second-order valence-corrected chi connectivity index (χ2v) is 5.50. The minimum atomic E-state index is 0.408. The maximum atomic E-state index is 6.04. The lowest BCUT2D eigenvalue weighted by Crippen LogP contribution is -1.91. The third kappa shape index (κ3) is 2.65. The number of alkyl halides is 1. The van der Waals surface area contributed by atoms with Crippen molar-refractivity contribution in [3.63, 3.8) is 0 Å². The number of hydrogen-bond acceptors (Lipinski definition) is 2. The summed E-state index contributed by atoms with van der Waals surface area (Å²) in [6, 6.07) is 15.6. The van der Waals surface area contributed by atoms with Crippen molar-refractivity contribution >= 4 is 38.4 Å². The van der Waals surface area contributed by atoms with Gasteiger partial charge in [0.1, 0.15) is 11.5 Å². The van der Waals surface area contributed by atoms with Gasteiger partial charge < -0.3 is 4.74 Å². The van der Waals surface area contributed by atoms with E-state index in [2.05, 4.69) is 20.9 Å². The third-order valence-electron chi connectivity index (χ3n) is 3.00. The average Bonchev–Trinajstić information content (AvgIpc) is 2.48. The Labute approximate surface area is 130 Å². The largest absolute Gasteiger partial charge is 0.456 e. The van der Waals surface area contributed by atoms with Gasteiger partial charge in [-0.1, -0.05) is 28.1 Å². The van der Waals surface area contributed by atoms with Gasteiger partial charge in [-0.3, -0.25) is 4.98 Å². The van der Waals surface area contributed by atoms with Gasteiger partial charge in [-0.05, 0) is 36.4 Å². The number of hydrogen-bond donors (Lipinski definition) is 0. The van der Waals surface area contributed by atoms with Crippen LogP contribution in [0.2, 0.25) is 0 Å². The fraction of sp³-hybridized carbons (Fsp3) is 0.0625. The zero-order valence-electron chi connectivity index (χ0n) is 10.5. The van der Waals surface area contributed by atoms with Crippen LogP contribution in [0, 0.1) is 0 Å². The van der Waals surface area contributed by atoms with Gasteiger partial charge in [0.25, 0.3) is 0 Å². The molecule has 100 valence electrons. The van der Waals surface area contributed by atoms with Crippen molar-refractivity contribution in [1.82, 2.24) is 4.98 Å². The highest BCUT2D eigenvalue weighted by Gasteiger charge is 2.08. The van der Waals surface area contributed by atoms with Gasteiger partial charge in [-0.15, -0.1) is 11.6 Å². The van der Waals surface area contributed by atoms with Gasteiger partial charge in [0, 0.05) is 21.6 Å². The van der Waals surface area contributed by atoms with E-state index >= 15 is 0 Å². The maximum absolute atomic E-state index is 6.04. The topological polar surface area (TPSA) is 22.1 Å². The number of fused-ring (bicyclic) bond motifs is 1. The third-order valence-corrected chi connectivity index (χ3v) is 3.78. The molecule has 2 nitrogen and oxygen atoms in total. The molecule has 0 saturated heterocycles. The highest BCUT2D eigenvalue weighted by Crippen LogP contribution is 2.33. The molecule has 1 aromatic heterocycles. The first kappa shape index (κ1) is 13.4. The summed E-state index contributed by atoms with van der Waals surface area (Å²) in [5, 5.41) is 0.982. The van der Waals surface area contributed by atoms with Crippen LogP contribution < -0.4 is 4.74 Å². The standard InChI is InChI=1S/C16H11BrClNO/c17-12-7-6-11(10-18)16(9-12)20-15-5-1-4-14-13(15)3-2-8-19-14/h1-9H,10H2. The number of pyridine rings is 1. The summed E-state index contributed by atoms with van der Waals surface area (Å²) in [4.78, 5) is 4.33. The molecule has 0 unspecified atom stereocenters. The van der Waals surface area contributed by atoms with E-state index in [4.69, 9.17) is 16.3 Å². The summed E-state index contributed by atoms with van der Waals surface area (Å²) in [5.74, 6) is 1.94. The molecule has 4 heteroatoms. The first-order valence-electron chi connectivity index (χ1n) is 6.14. The molecule has 0 aliphatic rings. The zero-order chi connectivity index (χ0) is 13.9. The first-order chi connectivity index (χ1) is 9.78. The predicted molar refractivity (Wildman–Crippen MR) is 85.5 cm³/mol. The normalized spacial score (nSPS) is 10.7. The van der Waals surface area contributed by atoms with Gasteiger partial charge in [0.2, 0.25) is 0 Å².